The molecule has 1 N–H and O–H groups in total. The number of nitriles is 1. The summed E-state index contributed by atoms with van der Waals surface area (Å²) in [5.74, 6) is -1.42. The molecule has 0 amide bonds. The smallest absolute Gasteiger partial charge is 0.326 e. The Morgan fingerprint density at radius 3 is 2.44 bits per heavy atom. The van der Waals surface area contributed by atoms with Crippen LogP contribution in [-0.4, -0.2) is 17.8 Å². The predicted molar refractivity (Wildman–Crippen MR) is 27.3 cm³/mol. The van der Waals surface area contributed by atoms with E-state index in [4.69, 9.17) is 10.4 Å². The molecule has 1 atom stereocenters. The van der Waals surface area contributed by atoms with Gasteiger partial charge in [0.25, 0.3) is 0 Å². The lowest BCUT2D eigenvalue weighted by molar-refractivity contribution is -0.145. The standard InChI is InChI=1S/C5H6FNO2/c1-5(2-6,3-7)4(8)9/h2H2,1H3,(H,8,9). The fourth-order valence-electron chi connectivity index (χ4n) is 0.135. The van der Waals surface area contributed by atoms with Gasteiger partial charge in [-0.15, -0.1) is 0 Å². The topological polar surface area (TPSA) is 61.1 Å². The summed E-state index contributed by atoms with van der Waals surface area (Å²) in [4.78, 5) is 10.0. The molecule has 4 heteroatoms. The summed E-state index contributed by atoms with van der Waals surface area (Å²) in [5, 5.41) is 16.3. The number of rotatable bonds is 2. The van der Waals surface area contributed by atoms with Crippen molar-refractivity contribution >= 4 is 5.97 Å². The minimum absolute atomic E-state index is 1.04. The van der Waals surface area contributed by atoms with Gasteiger partial charge in [0.1, 0.15) is 6.67 Å². The maximum Gasteiger partial charge on any atom is 0.326 e. The number of alkyl halides is 1. The highest BCUT2D eigenvalue weighted by molar-refractivity contribution is 5.77. The summed E-state index contributed by atoms with van der Waals surface area (Å²) < 4.78 is 11.7. The molecule has 9 heavy (non-hydrogen) atoms. The molecule has 0 aromatic carbocycles. The lowest BCUT2D eigenvalue weighted by Gasteiger charge is -2.08. The number of aliphatic carboxylic acids is 1. The summed E-state index contributed by atoms with van der Waals surface area (Å²) in [5.41, 5.74) is -1.86. The number of nitrogens with zero attached hydrogens (tertiary/aromatic N) is 1. The van der Waals surface area contributed by atoms with Crippen LogP contribution in [0, 0.1) is 16.7 Å². The highest BCUT2D eigenvalue weighted by atomic mass is 19.1. The molecule has 0 saturated heterocycles. The van der Waals surface area contributed by atoms with Crippen LogP contribution in [0.2, 0.25) is 0 Å². The average molecular weight is 131 g/mol. The molecule has 50 valence electrons. The normalized spacial score (nSPS) is 15.7. The molecule has 0 aliphatic carbocycles. The zero-order valence-electron chi connectivity index (χ0n) is 4.89. The SMILES string of the molecule is CC(C#N)(CF)C(=O)O. The second-order valence-electron chi connectivity index (χ2n) is 1.88. The van der Waals surface area contributed by atoms with Crippen molar-refractivity contribution in [1.29, 1.82) is 5.26 Å². The van der Waals surface area contributed by atoms with E-state index in [-0.39, 0.29) is 0 Å². The molecule has 0 radical (unpaired) electrons. The number of hydrogen-bond acceptors (Lipinski definition) is 2. The fourth-order valence-corrected chi connectivity index (χ4v) is 0.135. The highest BCUT2D eigenvalue weighted by Crippen LogP contribution is 2.14. The molecule has 0 saturated carbocycles. The van der Waals surface area contributed by atoms with E-state index in [1.165, 1.54) is 6.07 Å². The van der Waals surface area contributed by atoms with Gasteiger partial charge < -0.3 is 5.11 Å². The van der Waals surface area contributed by atoms with Crippen molar-refractivity contribution in [2.75, 3.05) is 6.67 Å². The second kappa shape index (κ2) is 2.44. The zero-order valence-corrected chi connectivity index (χ0v) is 4.89. The molecule has 0 aromatic heterocycles. The van der Waals surface area contributed by atoms with Crippen molar-refractivity contribution < 1.29 is 14.3 Å². The van der Waals surface area contributed by atoms with Gasteiger partial charge in [0.2, 0.25) is 0 Å². The van der Waals surface area contributed by atoms with Gasteiger partial charge in [-0.2, -0.15) is 5.26 Å². The van der Waals surface area contributed by atoms with Gasteiger partial charge in [-0.05, 0) is 6.92 Å². The quantitative estimate of drug-likeness (QED) is 0.595. The van der Waals surface area contributed by atoms with Gasteiger partial charge in [0.15, 0.2) is 5.41 Å². The Balaban J connectivity index is 4.33. The van der Waals surface area contributed by atoms with E-state index in [0.29, 0.717) is 0 Å². The lowest BCUT2D eigenvalue weighted by atomic mass is 9.95. The number of carbonyl (C=O) groups is 1. The molecule has 0 bridgehead atoms. The summed E-state index contributed by atoms with van der Waals surface area (Å²) in [6.45, 7) is -0.117. The Kier molecular flexibility index (Phi) is 2.14. The predicted octanol–water partition coefficient (Wildman–Crippen LogP) is 0.570. The van der Waals surface area contributed by atoms with Crippen LogP contribution in [0.3, 0.4) is 0 Å². The van der Waals surface area contributed by atoms with Crippen molar-refractivity contribution in [2.24, 2.45) is 5.41 Å². The Labute approximate surface area is 51.7 Å². The molecule has 0 heterocycles. The third kappa shape index (κ3) is 1.39. The van der Waals surface area contributed by atoms with Crippen molar-refractivity contribution in [1.82, 2.24) is 0 Å². The monoisotopic (exact) mass is 131 g/mol. The van der Waals surface area contributed by atoms with E-state index in [2.05, 4.69) is 0 Å². The third-order valence-electron chi connectivity index (χ3n) is 0.986. The number of halogens is 1. The molecule has 0 spiro atoms. The maximum atomic E-state index is 11.7. The van der Waals surface area contributed by atoms with Gasteiger partial charge in [-0.25, -0.2) is 4.39 Å². The maximum absolute atomic E-state index is 11.7. The summed E-state index contributed by atoms with van der Waals surface area (Å²) in [7, 11) is 0. The minimum atomic E-state index is -1.86. The minimum Gasteiger partial charge on any atom is -0.480 e. The van der Waals surface area contributed by atoms with E-state index in [1.54, 1.807) is 0 Å². The van der Waals surface area contributed by atoms with E-state index >= 15 is 0 Å². The Bertz CT molecular complexity index is 163. The van der Waals surface area contributed by atoms with Gasteiger partial charge in [-0.1, -0.05) is 0 Å². The van der Waals surface area contributed by atoms with Crippen molar-refractivity contribution in [3.8, 4) is 6.07 Å². The van der Waals surface area contributed by atoms with E-state index in [0.717, 1.165) is 6.92 Å². The fraction of sp³-hybridized carbons (Fsp3) is 0.600. The van der Waals surface area contributed by atoms with Crippen LogP contribution < -0.4 is 0 Å². The van der Waals surface area contributed by atoms with Crippen LogP contribution in [0.25, 0.3) is 0 Å². The first-order valence-corrected chi connectivity index (χ1v) is 2.27. The largest absolute Gasteiger partial charge is 0.480 e. The van der Waals surface area contributed by atoms with E-state index in [9.17, 15) is 9.18 Å². The van der Waals surface area contributed by atoms with Crippen LogP contribution in [0.15, 0.2) is 0 Å². The lowest BCUT2D eigenvalue weighted by Crippen LogP contribution is -2.27. The molecule has 0 aromatic rings. The molecule has 3 nitrogen and oxygen atoms in total. The molecular formula is C5H6FNO2. The molecular weight excluding hydrogens is 125 g/mol. The molecule has 1 unspecified atom stereocenters. The van der Waals surface area contributed by atoms with Gasteiger partial charge >= 0.3 is 5.97 Å². The van der Waals surface area contributed by atoms with Crippen LogP contribution in [-0.2, 0) is 4.79 Å². The average Bonchev–Trinajstić information content (AvgIpc) is 1.86. The van der Waals surface area contributed by atoms with Crippen molar-refractivity contribution in [2.45, 2.75) is 6.92 Å². The Morgan fingerprint density at radius 2 is 2.44 bits per heavy atom. The number of carboxylic acid groups (broad SMARTS) is 1. The molecule has 0 fully saturated rings. The van der Waals surface area contributed by atoms with Crippen LogP contribution >= 0.6 is 0 Å². The third-order valence-corrected chi connectivity index (χ3v) is 0.986. The van der Waals surface area contributed by atoms with Gasteiger partial charge in [-0.3, -0.25) is 4.79 Å². The van der Waals surface area contributed by atoms with Crippen LogP contribution in [0.5, 0.6) is 0 Å². The van der Waals surface area contributed by atoms with Crippen molar-refractivity contribution in [3.63, 3.8) is 0 Å². The molecule has 0 aliphatic rings. The van der Waals surface area contributed by atoms with E-state index < -0.39 is 18.1 Å². The van der Waals surface area contributed by atoms with E-state index in [1.807, 2.05) is 0 Å². The second-order valence-corrected chi connectivity index (χ2v) is 1.88. The first kappa shape index (κ1) is 7.89. The number of carboxylic acids is 1. The van der Waals surface area contributed by atoms with Crippen molar-refractivity contribution in [3.05, 3.63) is 0 Å². The Hall–Kier alpha value is -1.11. The van der Waals surface area contributed by atoms with Crippen LogP contribution in [0.1, 0.15) is 6.92 Å². The number of hydrogen-bond donors (Lipinski definition) is 1. The first-order valence-electron chi connectivity index (χ1n) is 2.27. The summed E-state index contributed by atoms with van der Waals surface area (Å²) >= 11 is 0. The summed E-state index contributed by atoms with van der Waals surface area (Å²) in [6, 6.07) is 1.35. The molecule has 0 rings (SSSR count). The molecule has 0 aliphatic heterocycles. The van der Waals surface area contributed by atoms with Gasteiger partial charge in [0, 0.05) is 0 Å². The first-order chi connectivity index (χ1) is 4.06. The Morgan fingerprint density at radius 1 is 2.00 bits per heavy atom. The highest BCUT2D eigenvalue weighted by Gasteiger charge is 2.33. The summed E-state index contributed by atoms with van der Waals surface area (Å²) in [6.07, 6.45) is 0. The zero-order chi connectivity index (χ0) is 7.49. The van der Waals surface area contributed by atoms with Crippen LogP contribution in [0.4, 0.5) is 4.39 Å². The van der Waals surface area contributed by atoms with Gasteiger partial charge in [0.05, 0.1) is 6.07 Å².